The highest BCUT2D eigenvalue weighted by Gasteiger charge is 2.32. The topological polar surface area (TPSA) is 53.2 Å². The van der Waals surface area contributed by atoms with Crippen LogP contribution >= 0.6 is 0 Å². The number of carbonyl (C=O) groups excluding carboxylic acids is 1. The maximum atomic E-state index is 12.0. The van der Waals surface area contributed by atoms with E-state index >= 15 is 0 Å². The number of urea groups is 1. The molecule has 3 rings (SSSR count). The fourth-order valence-electron chi connectivity index (χ4n) is 3.72. The lowest BCUT2D eigenvalue weighted by atomic mass is 9.84. The molecule has 2 unspecified atom stereocenters. The van der Waals surface area contributed by atoms with Crippen molar-refractivity contribution in [1.29, 1.82) is 0 Å². The Morgan fingerprint density at radius 2 is 1.69 bits per heavy atom. The number of hydrogen-bond acceptors (Lipinski definition) is 2. The Kier molecular flexibility index (Phi) is 6.67. The predicted molar refractivity (Wildman–Crippen MR) is 106 cm³/mol. The Balaban J connectivity index is 1.66. The molecule has 2 amide bonds. The van der Waals surface area contributed by atoms with Gasteiger partial charge in [0.1, 0.15) is 0 Å². The van der Waals surface area contributed by atoms with Crippen molar-refractivity contribution in [3.05, 3.63) is 71.8 Å². The molecule has 4 heteroatoms. The van der Waals surface area contributed by atoms with Crippen molar-refractivity contribution in [2.75, 3.05) is 13.1 Å². The van der Waals surface area contributed by atoms with Gasteiger partial charge in [-0.15, -0.1) is 0 Å². The van der Waals surface area contributed by atoms with Crippen molar-refractivity contribution in [2.45, 2.75) is 44.2 Å². The third-order valence-corrected chi connectivity index (χ3v) is 5.04. The summed E-state index contributed by atoms with van der Waals surface area (Å²) in [4.78, 5) is 12.0. The second-order valence-electron chi connectivity index (χ2n) is 7.00. The Bertz CT molecular complexity index is 635. The molecule has 4 nitrogen and oxygen atoms in total. The van der Waals surface area contributed by atoms with Crippen LogP contribution in [0, 0.1) is 0 Å². The first-order chi connectivity index (χ1) is 12.8. The smallest absolute Gasteiger partial charge is 0.315 e. The molecule has 0 saturated carbocycles. The van der Waals surface area contributed by atoms with Crippen LogP contribution < -0.4 is 16.0 Å². The van der Waals surface area contributed by atoms with Gasteiger partial charge >= 0.3 is 6.03 Å². The zero-order valence-corrected chi connectivity index (χ0v) is 15.4. The quantitative estimate of drug-likeness (QED) is 0.667. The third kappa shape index (κ3) is 4.85. The van der Waals surface area contributed by atoms with Crippen molar-refractivity contribution >= 4 is 6.03 Å². The summed E-state index contributed by atoms with van der Waals surface area (Å²) in [6, 6.07) is 21.7. The van der Waals surface area contributed by atoms with E-state index in [-0.39, 0.29) is 18.0 Å². The van der Waals surface area contributed by atoms with Crippen molar-refractivity contribution in [2.24, 2.45) is 0 Å². The van der Waals surface area contributed by atoms with Crippen LogP contribution in [-0.2, 0) is 0 Å². The second-order valence-corrected chi connectivity index (χ2v) is 7.00. The van der Waals surface area contributed by atoms with Crippen LogP contribution in [-0.4, -0.2) is 31.2 Å². The Hall–Kier alpha value is -2.33. The molecular formula is C22H29N3O. The SMILES string of the molecule is CCCCNC(=O)NC1CNC(C(c2ccccc2)c2ccccc2)C1. The number of nitrogens with one attached hydrogen (secondary N) is 3. The summed E-state index contributed by atoms with van der Waals surface area (Å²) in [7, 11) is 0. The number of unbranched alkanes of at least 4 members (excludes halogenated alkanes) is 1. The van der Waals surface area contributed by atoms with Gasteiger partial charge < -0.3 is 16.0 Å². The number of benzene rings is 2. The van der Waals surface area contributed by atoms with E-state index in [0.29, 0.717) is 6.04 Å². The molecule has 1 saturated heterocycles. The van der Waals surface area contributed by atoms with Crippen molar-refractivity contribution in [3.8, 4) is 0 Å². The van der Waals surface area contributed by atoms with Gasteiger partial charge in [0.15, 0.2) is 0 Å². The highest BCUT2D eigenvalue weighted by atomic mass is 16.2. The van der Waals surface area contributed by atoms with Gasteiger partial charge in [-0.25, -0.2) is 4.79 Å². The zero-order chi connectivity index (χ0) is 18.2. The first-order valence-corrected chi connectivity index (χ1v) is 9.65. The van der Waals surface area contributed by atoms with Crippen molar-refractivity contribution in [1.82, 2.24) is 16.0 Å². The molecule has 0 spiro atoms. The normalized spacial score (nSPS) is 19.5. The molecule has 2 atom stereocenters. The summed E-state index contributed by atoms with van der Waals surface area (Å²) >= 11 is 0. The Morgan fingerprint density at radius 3 is 2.27 bits per heavy atom. The molecule has 0 aromatic heterocycles. The second kappa shape index (κ2) is 9.39. The van der Waals surface area contributed by atoms with E-state index in [9.17, 15) is 4.79 Å². The molecule has 0 bridgehead atoms. The molecule has 1 aliphatic rings. The van der Waals surface area contributed by atoms with Gasteiger partial charge in [0.25, 0.3) is 0 Å². The summed E-state index contributed by atoms with van der Waals surface area (Å²) < 4.78 is 0. The summed E-state index contributed by atoms with van der Waals surface area (Å²) in [6.07, 6.45) is 3.03. The monoisotopic (exact) mass is 351 g/mol. The molecule has 26 heavy (non-hydrogen) atoms. The number of rotatable bonds is 7. The van der Waals surface area contributed by atoms with Crippen LogP contribution in [0.2, 0.25) is 0 Å². The van der Waals surface area contributed by atoms with Crippen LogP contribution in [0.15, 0.2) is 60.7 Å². The molecule has 1 fully saturated rings. The molecule has 0 radical (unpaired) electrons. The fraction of sp³-hybridized carbons (Fsp3) is 0.409. The van der Waals surface area contributed by atoms with E-state index in [2.05, 4.69) is 83.5 Å². The minimum absolute atomic E-state index is 0.0538. The van der Waals surface area contributed by atoms with Gasteiger partial charge in [0, 0.05) is 31.1 Å². The standard InChI is InChI=1S/C22H29N3O/c1-2-3-14-23-22(26)25-19-15-20(24-16-19)21(17-10-6-4-7-11-17)18-12-8-5-9-13-18/h4-13,19-21,24H,2-3,14-16H2,1H3,(H2,23,25,26). The molecule has 1 heterocycles. The number of amides is 2. The predicted octanol–water partition coefficient (Wildman–Crippen LogP) is 3.65. The van der Waals surface area contributed by atoms with Crippen LogP contribution in [0.25, 0.3) is 0 Å². The molecule has 2 aromatic carbocycles. The summed E-state index contributed by atoms with van der Waals surface area (Å²) in [5.74, 6) is 0.285. The molecule has 2 aromatic rings. The van der Waals surface area contributed by atoms with Gasteiger partial charge in [-0.2, -0.15) is 0 Å². The van der Waals surface area contributed by atoms with Gasteiger partial charge in [-0.05, 0) is 24.0 Å². The molecular weight excluding hydrogens is 322 g/mol. The van der Waals surface area contributed by atoms with E-state index in [1.165, 1.54) is 11.1 Å². The lowest BCUT2D eigenvalue weighted by Crippen LogP contribution is -2.43. The third-order valence-electron chi connectivity index (χ3n) is 5.04. The van der Waals surface area contributed by atoms with Crippen LogP contribution in [0.5, 0.6) is 0 Å². The van der Waals surface area contributed by atoms with Crippen LogP contribution in [0.3, 0.4) is 0 Å². The molecule has 1 aliphatic heterocycles. The molecule has 3 N–H and O–H groups in total. The van der Waals surface area contributed by atoms with Crippen LogP contribution in [0.1, 0.15) is 43.2 Å². The highest BCUT2D eigenvalue weighted by molar-refractivity contribution is 5.74. The van der Waals surface area contributed by atoms with Crippen molar-refractivity contribution < 1.29 is 4.79 Å². The first kappa shape index (κ1) is 18.5. The van der Waals surface area contributed by atoms with E-state index in [1.807, 2.05) is 0 Å². The largest absolute Gasteiger partial charge is 0.338 e. The Morgan fingerprint density at radius 1 is 1.08 bits per heavy atom. The van der Waals surface area contributed by atoms with E-state index in [4.69, 9.17) is 0 Å². The fourth-order valence-corrected chi connectivity index (χ4v) is 3.72. The summed E-state index contributed by atoms with van der Waals surface area (Å²) in [6.45, 7) is 3.67. The summed E-state index contributed by atoms with van der Waals surface area (Å²) in [5.41, 5.74) is 2.62. The number of hydrogen-bond donors (Lipinski definition) is 3. The average molecular weight is 351 g/mol. The van der Waals surface area contributed by atoms with Crippen LogP contribution in [0.4, 0.5) is 4.79 Å². The van der Waals surface area contributed by atoms with E-state index in [0.717, 1.165) is 32.4 Å². The minimum Gasteiger partial charge on any atom is -0.338 e. The number of carbonyl (C=O) groups is 1. The van der Waals surface area contributed by atoms with E-state index in [1.54, 1.807) is 0 Å². The lowest BCUT2D eigenvalue weighted by molar-refractivity contribution is 0.237. The first-order valence-electron chi connectivity index (χ1n) is 9.65. The highest BCUT2D eigenvalue weighted by Crippen LogP contribution is 2.32. The molecule has 0 aliphatic carbocycles. The maximum absolute atomic E-state index is 12.0. The molecule has 138 valence electrons. The van der Waals surface area contributed by atoms with Gasteiger partial charge in [0.05, 0.1) is 0 Å². The Labute approximate surface area is 156 Å². The van der Waals surface area contributed by atoms with Crippen molar-refractivity contribution in [3.63, 3.8) is 0 Å². The maximum Gasteiger partial charge on any atom is 0.315 e. The zero-order valence-electron chi connectivity index (χ0n) is 15.4. The van der Waals surface area contributed by atoms with Gasteiger partial charge in [0.2, 0.25) is 0 Å². The lowest BCUT2D eigenvalue weighted by Gasteiger charge is -2.25. The van der Waals surface area contributed by atoms with E-state index < -0.39 is 0 Å². The average Bonchev–Trinajstić information content (AvgIpc) is 3.12. The van der Waals surface area contributed by atoms with Gasteiger partial charge in [-0.1, -0.05) is 74.0 Å². The summed E-state index contributed by atoms with van der Waals surface area (Å²) in [5, 5.41) is 9.69. The minimum atomic E-state index is -0.0538. The van der Waals surface area contributed by atoms with Gasteiger partial charge in [-0.3, -0.25) is 0 Å².